The summed E-state index contributed by atoms with van der Waals surface area (Å²) >= 11 is 0. The van der Waals surface area contributed by atoms with Crippen molar-refractivity contribution in [2.24, 2.45) is 0 Å². The molecule has 0 aromatic heterocycles. The van der Waals surface area contributed by atoms with E-state index in [0.29, 0.717) is 23.9 Å². The Morgan fingerprint density at radius 3 is 0.906 bits per heavy atom. The van der Waals surface area contributed by atoms with E-state index >= 15 is 0 Å². The van der Waals surface area contributed by atoms with E-state index in [9.17, 15) is 19.4 Å². The quantitative estimate of drug-likeness (QED) is 0.0243. The highest BCUT2D eigenvalue weighted by atomic mass is 31.2. The predicted molar refractivity (Wildman–Crippen MR) is 374 cm³/mol. The van der Waals surface area contributed by atoms with Gasteiger partial charge >= 0.3 is 7.82 Å². The minimum atomic E-state index is -4.33. The molecule has 85 heavy (non-hydrogen) atoms. The fourth-order valence-corrected chi connectivity index (χ4v) is 13.0. The molecule has 508 valence electrons. The van der Waals surface area contributed by atoms with Crippen LogP contribution in [0.1, 0.15) is 418 Å². The van der Waals surface area contributed by atoms with Gasteiger partial charge < -0.3 is 19.8 Å². The number of amides is 1. The van der Waals surface area contributed by atoms with E-state index in [2.05, 4.69) is 31.3 Å². The SMILES string of the molecule is CCCCCCCCCC/C=C\CCCCCCCCCCCCCCCCCCCCCCCC(=O)NC(COP(=O)(O)OCC[N+](C)(C)C)C(O)CCCCCCCCCCCCCCCCCCCCCCCCCCCCCCCC. The fourth-order valence-electron chi connectivity index (χ4n) is 12.3. The summed E-state index contributed by atoms with van der Waals surface area (Å²) in [7, 11) is 1.64. The number of aliphatic hydroxyl groups excluding tert-OH is 1. The molecule has 0 rings (SSSR count). The molecule has 0 saturated heterocycles. The molecule has 3 unspecified atom stereocenters. The molecule has 0 aliphatic carbocycles. The van der Waals surface area contributed by atoms with Gasteiger partial charge in [0.2, 0.25) is 5.91 Å². The Morgan fingerprint density at radius 2 is 0.635 bits per heavy atom. The Kier molecular flexibility index (Phi) is 67.0. The number of quaternary nitrogens is 1. The van der Waals surface area contributed by atoms with Gasteiger partial charge in [-0.3, -0.25) is 13.8 Å². The lowest BCUT2D eigenvalue weighted by Crippen LogP contribution is -2.46. The van der Waals surface area contributed by atoms with Crippen molar-refractivity contribution in [2.75, 3.05) is 40.9 Å². The number of allylic oxidation sites excluding steroid dienone is 2. The number of hydrogen-bond donors (Lipinski definition) is 3. The molecule has 0 aromatic carbocycles. The Balaban J connectivity index is 3.93. The maximum absolute atomic E-state index is 13.1. The van der Waals surface area contributed by atoms with E-state index in [0.717, 1.165) is 38.5 Å². The summed E-state index contributed by atoms with van der Waals surface area (Å²) in [5.41, 5.74) is 0. The van der Waals surface area contributed by atoms with Crippen LogP contribution < -0.4 is 5.32 Å². The molecule has 0 aliphatic heterocycles. The zero-order chi connectivity index (χ0) is 61.9. The van der Waals surface area contributed by atoms with Gasteiger partial charge in [0.25, 0.3) is 0 Å². The number of rotatable bonds is 73. The smallest absolute Gasteiger partial charge is 0.391 e. The molecule has 0 radical (unpaired) electrons. The standard InChI is InChI=1S/C76H153N2O6P/c1-6-8-10-12-14-16-18-20-22-24-26-28-30-32-34-36-38-39-40-42-44-46-48-50-52-54-56-58-60-62-64-66-68-70-76(80)77-74(73-84-85(81,82)83-72-71-78(3,4)5)75(79)69-67-65-63-61-59-57-55-53-51-49-47-45-43-41-37-35-33-31-29-27-25-23-21-19-17-15-13-11-9-7-2/h24,26,74-75,79H,6-23,25,27-73H2,1-5H3,(H-,77,80,81,82)/p+1/b26-24-. The number of unbranched alkanes of at least 4 members (excludes halogenated alkanes) is 58. The maximum atomic E-state index is 13.1. The van der Waals surface area contributed by atoms with Crippen LogP contribution in [-0.4, -0.2) is 73.4 Å². The molecule has 0 aromatic rings. The third-order valence-corrected chi connectivity index (χ3v) is 19.2. The highest BCUT2D eigenvalue weighted by Crippen LogP contribution is 2.43. The van der Waals surface area contributed by atoms with Gasteiger partial charge in [0, 0.05) is 6.42 Å². The molecule has 0 bridgehead atoms. The van der Waals surface area contributed by atoms with Crippen LogP contribution in [0.3, 0.4) is 0 Å². The summed E-state index contributed by atoms with van der Waals surface area (Å²) in [5, 5.41) is 14.2. The minimum Gasteiger partial charge on any atom is -0.391 e. The summed E-state index contributed by atoms with van der Waals surface area (Å²) < 4.78 is 23.9. The first kappa shape index (κ1) is 84.2. The average molecular weight is 1220 g/mol. The predicted octanol–water partition coefficient (Wildman–Crippen LogP) is 24.8. The zero-order valence-electron chi connectivity index (χ0n) is 58.4. The Morgan fingerprint density at radius 1 is 0.388 bits per heavy atom. The number of likely N-dealkylation sites (N-methyl/N-ethyl adjacent to an activating group) is 1. The van der Waals surface area contributed by atoms with Crippen molar-refractivity contribution in [3.63, 3.8) is 0 Å². The summed E-state index contributed by atoms with van der Waals surface area (Å²) in [5.74, 6) is -0.133. The number of nitrogens with zero attached hydrogens (tertiary/aromatic N) is 1. The molecule has 0 aliphatic rings. The van der Waals surface area contributed by atoms with Gasteiger partial charge in [-0.15, -0.1) is 0 Å². The molecular formula is C76H154N2O6P+. The van der Waals surface area contributed by atoms with Crippen LogP contribution >= 0.6 is 7.82 Å². The van der Waals surface area contributed by atoms with Crippen molar-refractivity contribution < 1.29 is 32.9 Å². The molecule has 8 nitrogen and oxygen atoms in total. The second-order valence-corrected chi connectivity index (χ2v) is 29.5. The summed E-state index contributed by atoms with van der Waals surface area (Å²) in [6.07, 6.45) is 87.8. The van der Waals surface area contributed by atoms with Crippen molar-refractivity contribution >= 4 is 13.7 Å². The molecule has 0 saturated carbocycles. The lowest BCUT2D eigenvalue weighted by Gasteiger charge is -2.26. The molecule has 9 heteroatoms. The number of phosphoric ester groups is 1. The van der Waals surface area contributed by atoms with Gasteiger partial charge in [-0.05, 0) is 38.5 Å². The first-order chi connectivity index (χ1) is 41.5. The summed E-state index contributed by atoms with van der Waals surface area (Å²) in [6.45, 7) is 4.97. The van der Waals surface area contributed by atoms with E-state index in [1.54, 1.807) is 0 Å². The van der Waals surface area contributed by atoms with Gasteiger partial charge in [0.15, 0.2) is 0 Å². The van der Waals surface area contributed by atoms with Gasteiger partial charge in [-0.2, -0.15) is 0 Å². The highest BCUT2D eigenvalue weighted by molar-refractivity contribution is 7.47. The van der Waals surface area contributed by atoms with Crippen LogP contribution in [0.15, 0.2) is 12.2 Å². The summed E-state index contributed by atoms with van der Waals surface area (Å²) in [4.78, 5) is 23.5. The average Bonchev–Trinajstić information content (AvgIpc) is 3.49. The van der Waals surface area contributed by atoms with E-state index in [1.807, 2.05) is 21.1 Å². The summed E-state index contributed by atoms with van der Waals surface area (Å²) in [6, 6.07) is -0.759. The monoisotopic (exact) mass is 1220 g/mol. The third kappa shape index (κ3) is 70.6. The first-order valence-corrected chi connectivity index (χ1v) is 40.0. The zero-order valence-corrected chi connectivity index (χ0v) is 59.3. The van der Waals surface area contributed by atoms with Crippen LogP contribution in [0.25, 0.3) is 0 Å². The number of carbonyl (C=O) groups is 1. The van der Waals surface area contributed by atoms with Crippen LogP contribution in [0.5, 0.6) is 0 Å². The van der Waals surface area contributed by atoms with Gasteiger partial charge in [0.05, 0.1) is 39.9 Å². The van der Waals surface area contributed by atoms with Crippen molar-refractivity contribution in [3.8, 4) is 0 Å². The Bertz CT molecular complexity index is 1390. The Hall–Kier alpha value is -0.760. The van der Waals surface area contributed by atoms with Crippen molar-refractivity contribution in [1.29, 1.82) is 0 Å². The second-order valence-electron chi connectivity index (χ2n) is 28.1. The van der Waals surface area contributed by atoms with Crippen LogP contribution in [0, 0.1) is 0 Å². The number of aliphatic hydroxyl groups is 1. The van der Waals surface area contributed by atoms with E-state index < -0.39 is 20.0 Å². The van der Waals surface area contributed by atoms with Crippen LogP contribution in [-0.2, 0) is 18.4 Å². The van der Waals surface area contributed by atoms with Crippen molar-refractivity contribution in [1.82, 2.24) is 5.32 Å². The molecule has 0 heterocycles. The first-order valence-electron chi connectivity index (χ1n) is 38.6. The van der Waals surface area contributed by atoms with Gasteiger partial charge in [-0.1, -0.05) is 386 Å². The van der Waals surface area contributed by atoms with E-state index in [4.69, 9.17) is 9.05 Å². The molecule has 0 spiro atoms. The van der Waals surface area contributed by atoms with Crippen molar-refractivity contribution in [2.45, 2.75) is 431 Å². The largest absolute Gasteiger partial charge is 0.472 e. The normalized spacial score (nSPS) is 13.5. The second kappa shape index (κ2) is 67.6. The van der Waals surface area contributed by atoms with E-state index in [-0.39, 0.29) is 19.1 Å². The number of carbonyl (C=O) groups excluding carboxylic acids is 1. The molecule has 1 amide bonds. The Labute approximate surface area is 532 Å². The number of phosphoric acid groups is 1. The van der Waals surface area contributed by atoms with Crippen molar-refractivity contribution in [3.05, 3.63) is 12.2 Å². The molecule has 3 atom stereocenters. The van der Waals surface area contributed by atoms with Gasteiger partial charge in [-0.25, -0.2) is 4.57 Å². The fraction of sp³-hybridized carbons (Fsp3) is 0.961. The minimum absolute atomic E-state index is 0.0787. The molecular weight excluding hydrogens is 1070 g/mol. The lowest BCUT2D eigenvalue weighted by molar-refractivity contribution is -0.870. The highest BCUT2D eigenvalue weighted by Gasteiger charge is 2.28. The lowest BCUT2D eigenvalue weighted by atomic mass is 10.0. The van der Waals surface area contributed by atoms with E-state index in [1.165, 1.54) is 353 Å². The number of hydrogen-bond acceptors (Lipinski definition) is 5. The van der Waals surface area contributed by atoms with Crippen LogP contribution in [0.2, 0.25) is 0 Å². The maximum Gasteiger partial charge on any atom is 0.472 e. The van der Waals surface area contributed by atoms with Gasteiger partial charge in [0.1, 0.15) is 13.2 Å². The number of nitrogens with one attached hydrogen (secondary N) is 1. The molecule has 0 fully saturated rings. The topological polar surface area (TPSA) is 105 Å². The van der Waals surface area contributed by atoms with Crippen LogP contribution in [0.4, 0.5) is 0 Å². The third-order valence-electron chi connectivity index (χ3n) is 18.3. The molecule has 3 N–H and O–H groups in total.